The largest absolute Gasteiger partial charge is 0.369 e. The summed E-state index contributed by atoms with van der Waals surface area (Å²) in [6.07, 6.45) is 1.73. The molecule has 1 aliphatic heterocycles. The van der Waals surface area contributed by atoms with Crippen LogP contribution in [0.5, 0.6) is 0 Å². The van der Waals surface area contributed by atoms with Gasteiger partial charge in [0.15, 0.2) is 0 Å². The lowest BCUT2D eigenvalue weighted by Crippen LogP contribution is -2.48. The van der Waals surface area contributed by atoms with Crippen LogP contribution in [0, 0.1) is 13.8 Å². The molecule has 0 aliphatic carbocycles. The number of nitrogens with one attached hydrogen (secondary N) is 1. The van der Waals surface area contributed by atoms with Crippen molar-refractivity contribution >= 4 is 22.6 Å². The molecule has 3 aromatic rings. The van der Waals surface area contributed by atoms with E-state index in [4.69, 9.17) is 0 Å². The summed E-state index contributed by atoms with van der Waals surface area (Å²) < 4.78 is 2.82. The van der Waals surface area contributed by atoms with E-state index in [1.165, 1.54) is 25.9 Å². The molecular weight excluding hydrogens is 454 g/mol. The van der Waals surface area contributed by atoms with Crippen LogP contribution < -0.4 is 21.3 Å². The SMILES string of the molecule is C=CCn1c(=O)c(=O)n(CCC(=O)NCCN2CCN(c3cccc(C)c3C)CC2)c2ccccc21. The van der Waals surface area contributed by atoms with Crippen molar-refractivity contribution in [1.29, 1.82) is 0 Å². The molecule has 1 amide bonds. The van der Waals surface area contributed by atoms with Crippen molar-refractivity contribution in [3.05, 3.63) is 87.0 Å². The van der Waals surface area contributed by atoms with E-state index in [-0.39, 0.29) is 25.4 Å². The second-order valence-electron chi connectivity index (χ2n) is 9.30. The molecule has 190 valence electrons. The number of amides is 1. The molecule has 8 heteroatoms. The number of aromatic nitrogens is 2. The Hall–Kier alpha value is -3.65. The Morgan fingerprint density at radius 1 is 0.917 bits per heavy atom. The molecular formula is C28H35N5O3. The summed E-state index contributed by atoms with van der Waals surface area (Å²) in [7, 11) is 0. The van der Waals surface area contributed by atoms with Crippen molar-refractivity contribution in [2.24, 2.45) is 0 Å². The maximum absolute atomic E-state index is 12.7. The van der Waals surface area contributed by atoms with Gasteiger partial charge in [0.1, 0.15) is 0 Å². The Balaban J connectivity index is 1.28. The van der Waals surface area contributed by atoms with Gasteiger partial charge in [-0.2, -0.15) is 0 Å². The van der Waals surface area contributed by atoms with E-state index in [1.807, 2.05) is 12.1 Å². The molecule has 0 saturated carbocycles. The molecule has 1 saturated heterocycles. The minimum absolute atomic E-state index is 0.129. The van der Waals surface area contributed by atoms with Crippen LogP contribution in [-0.2, 0) is 17.9 Å². The number of hydrogen-bond acceptors (Lipinski definition) is 5. The van der Waals surface area contributed by atoms with Gasteiger partial charge in [0, 0.05) is 64.5 Å². The van der Waals surface area contributed by atoms with Crippen molar-refractivity contribution in [1.82, 2.24) is 19.4 Å². The first-order valence-corrected chi connectivity index (χ1v) is 12.5. The summed E-state index contributed by atoms with van der Waals surface area (Å²) in [6.45, 7) is 13.6. The van der Waals surface area contributed by atoms with Crippen LogP contribution in [-0.4, -0.2) is 59.2 Å². The van der Waals surface area contributed by atoms with Crippen molar-refractivity contribution in [3.63, 3.8) is 0 Å². The minimum Gasteiger partial charge on any atom is -0.369 e. The van der Waals surface area contributed by atoms with Crippen molar-refractivity contribution in [2.45, 2.75) is 33.4 Å². The molecule has 0 bridgehead atoms. The highest BCUT2D eigenvalue weighted by Gasteiger charge is 2.19. The first-order valence-electron chi connectivity index (χ1n) is 12.5. The van der Waals surface area contributed by atoms with E-state index >= 15 is 0 Å². The van der Waals surface area contributed by atoms with Crippen molar-refractivity contribution in [3.8, 4) is 0 Å². The third kappa shape index (κ3) is 5.44. The van der Waals surface area contributed by atoms with Crippen molar-refractivity contribution < 1.29 is 4.79 Å². The smallest absolute Gasteiger partial charge is 0.317 e. The zero-order valence-corrected chi connectivity index (χ0v) is 21.2. The number of piperazine rings is 1. The zero-order chi connectivity index (χ0) is 25.7. The highest BCUT2D eigenvalue weighted by atomic mass is 16.2. The number of aryl methyl sites for hydroxylation is 2. The Morgan fingerprint density at radius 3 is 2.28 bits per heavy atom. The van der Waals surface area contributed by atoms with Gasteiger partial charge in [-0.1, -0.05) is 30.3 Å². The van der Waals surface area contributed by atoms with Crippen LogP contribution >= 0.6 is 0 Å². The van der Waals surface area contributed by atoms with E-state index in [0.717, 1.165) is 32.7 Å². The van der Waals surface area contributed by atoms with E-state index in [9.17, 15) is 14.4 Å². The maximum atomic E-state index is 12.7. The molecule has 0 atom stereocenters. The van der Waals surface area contributed by atoms with Gasteiger partial charge in [0.2, 0.25) is 5.91 Å². The molecule has 0 radical (unpaired) electrons. The highest BCUT2D eigenvalue weighted by Crippen LogP contribution is 2.23. The molecule has 1 aliphatic rings. The number of fused-ring (bicyclic) bond motifs is 1. The molecule has 0 spiro atoms. The van der Waals surface area contributed by atoms with Crippen LogP contribution in [0.25, 0.3) is 11.0 Å². The number of allylic oxidation sites excluding steroid dienone is 1. The van der Waals surface area contributed by atoms with Gasteiger partial charge < -0.3 is 14.8 Å². The molecule has 8 nitrogen and oxygen atoms in total. The van der Waals surface area contributed by atoms with Crippen LogP contribution in [0.1, 0.15) is 17.5 Å². The van der Waals surface area contributed by atoms with Crippen molar-refractivity contribution in [2.75, 3.05) is 44.2 Å². The molecule has 1 fully saturated rings. The number of anilines is 1. The van der Waals surface area contributed by atoms with E-state index in [1.54, 1.807) is 18.2 Å². The fourth-order valence-corrected chi connectivity index (χ4v) is 4.85. The van der Waals surface area contributed by atoms with Gasteiger partial charge >= 0.3 is 11.1 Å². The molecule has 2 heterocycles. The fraction of sp³-hybridized carbons (Fsp3) is 0.393. The number of nitrogens with zero attached hydrogens (tertiary/aromatic N) is 4. The molecule has 1 N–H and O–H groups in total. The fourth-order valence-electron chi connectivity index (χ4n) is 4.85. The minimum atomic E-state index is -0.620. The Bertz CT molecular complexity index is 1370. The summed E-state index contributed by atoms with van der Waals surface area (Å²) >= 11 is 0. The summed E-state index contributed by atoms with van der Waals surface area (Å²) in [5, 5.41) is 2.97. The van der Waals surface area contributed by atoms with Gasteiger partial charge in [0.05, 0.1) is 11.0 Å². The van der Waals surface area contributed by atoms with Crippen LogP contribution in [0.4, 0.5) is 5.69 Å². The number of hydrogen-bond donors (Lipinski definition) is 1. The first kappa shape index (κ1) is 25.4. The number of rotatable bonds is 9. The molecule has 1 aromatic heterocycles. The second-order valence-corrected chi connectivity index (χ2v) is 9.30. The second kappa shape index (κ2) is 11.4. The quantitative estimate of drug-likeness (QED) is 0.369. The van der Waals surface area contributed by atoms with Crippen LogP contribution in [0.2, 0.25) is 0 Å². The maximum Gasteiger partial charge on any atom is 0.317 e. The Kier molecular flexibility index (Phi) is 8.05. The lowest BCUT2D eigenvalue weighted by molar-refractivity contribution is -0.121. The van der Waals surface area contributed by atoms with E-state index in [0.29, 0.717) is 17.6 Å². The third-order valence-electron chi connectivity index (χ3n) is 7.05. The van der Waals surface area contributed by atoms with Gasteiger partial charge in [-0.05, 0) is 43.2 Å². The van der Waals surface area contributed by atoms with Gasteiger partial charge in [-0.3, -0.25) is 23.9 Å². The van der Waals surface area contributed by atoms with Gasteiger partial charge in [-0.25, -0.2) is 0 Å². The van der Waals surface area contributed by atoms with Crippen LogP contribution in [0.15, 0.2) is 64.7 Å². The number of benzene rings is 2. The number of carbonyl (C=O) groups excluding carboxylic acids is 1. The Morgan fingerprint density at radius 2 is 1.58 bits per heavy atom. The molecule has 0 unspecified atom stereocenters. The third-order valence-corrected chi connectivity index (χ3v) is 7.05. The van der Waals surface area contributed by atoms with Gasteiger partial charge in [-0.15, -0.1) is 6.58 Å². The summed E-state index contributed by atoms with van der Waals surface area (Å²) in [6, 6.07) is 13.7. The van der Waals surface area contributed by atoms with Crippen LogP contribution in [0.3, 0.4) is 0 Å². The summed E-state index contributed by atoms with van der Waals surface area (Å²) in [5.41, 5.74) is 4.02. The predicted octanol–water partition coefficient (Wildman–Crippen LogP) is 2.29. The van der Waals surface area contributed by atoms with E-state index < -0.39 is 11.1 Å². The topological polar surface area (TPSA) is 79.6 Å². The lowest BCUT2D eigenvalue weighted by Gasteiger charge is -2.37. The average molecular weight is 490 g/mol. The number of para-hydroxylation sites is 2. The molecule has 36 heavy (non-hydrogen) atoms. The Labute approximate surface area is 211 Å². The summed E-state index contributed by atoms with van der Waals surface area (Å²) in [5.74, 6) is -0.129. The molecule has 2 aromatic carbocycles. The van der Waals surface area contributed by atoms with E-state index in [2.05, 4.69) is 53.7 Å². The average Bonchev–Trinajstić information content (AvgIpc) is 2.89. The zero-order valence-electron chi connectivity index (χ0n) is 21.2. The highest BCUT2D eigenvalue weighted by molar-refractivity contribution is 5.77. The lowest BCUT2D eigenvalue weighted by atomic mass is 10.1. The normalized spacial score (nSPS) is 14.2. The molecule has 4 rings (SSSR count). The van der Waals surface area contributed by atoms with Gasteiger partial charge in [0.25, 0.3) is 0 Å². The first-order chi connectivity index (χ1) is 17.4. The number of carbonyl (C=O) groups is 1. The predicted molar refractivity (Wildman–Crippen MR) is 145 cm³/mol. The standard InChI is InChI=1S/C28H35N5O3/c1-4-14-32-24-9-5-6-10-25(24)33(28(36)27(32)35)15-12-26(34)29-13-16-30-17-19-31(20-18-30)23-11-7-8-21(2)22(23)3/h4-11H,1,12-20H2,2-3H3,(H,29,34). The monoisotopic (exact) mass is 489 g/mol. The summed E-state index contributed by atoms with van der Waals surface area (Å²) in [4.78, 5) is 42.6.